The molecule has 0 aliphatic heterocycles. The highest BCUT2D eigenvalue weighted by molar-refractivity contribution is 7.99. The first-order valence-corrected chi connectivity index (χ1v) is 9.37. The zero-order valence-electron chi connectivity index (χ0n) is 14.4. The summed E-state index contributed by atoms with van der Waals surface area (Å²) in [6.07, 6.45) is 0. The van der Waals surface area contributed by atoms with Gasteiger partial charge in [-0.1, -0.05) is 23.4 Å². The van der Waals surface area contributed by atoms with Crippen molar-refractivity contribution in [2.24, 2.45) is 0 Å². The monoisotopic (exact) mass is 367 g/mol. The molecule has 1 aromatic heterocycles. The molecule has 0 aliphatic carbocycles. The molecule has 0 atom stereocenters. The van der Waals surface area contributed by atoms with Crippen LogP contribution in [0.25, 0.3) is 10.9 Å². The van der Waals surface area contributed by atoms with Gasteiger partial charge in [-0.15, -0.1) is 0 Å². The maximum Gasteiger partial charge on any atom is 0.262 e. The summed E-state index contributed by atoms with van der Waals surface area (Å²) in [5, 5.41) is 1.62. The van der Waals surface area contributed by atoms with Crippen molar-refractivity contribution in [3.8, 4) is 0 Å². The number of rotatable bonds is 6. The summed E-state index contributed by atoms with van der Waals surface area (Å²) in [7, 11) is 0. The number of nitrogens with zero attached hydrogens (tertiary/aromatic N) is 3. The second kappa shape index (κ2) is 8.03. The third-order valence-corrected chi connectivity index (χ3v) is 4.96. The van der Waals surface area contributed by atoms with Gasteiger partial charge in [0.1, 0.15) is 0 Å². The van der Waals surface area contributed by atoms with E-state index in [2.05, 4.69) is 4.98 Å². The van der Waals surface area contributed by atoms with E-state index < -0.39 is 0 Å². The van der Waals surface area contributed by atoms with Gasteiger partial charge in [0.05, 0.1) is 16.7 Å². The second-order valence-corrected chi connectivity index (χ2v) is 7.06. The van der Waals surface area contributed by atoms with Crippen molar-refractivity contribution in [3.05, 3.63) is 33.6 Å². The van der Waals surface area contributed by atoms with Gasteiger partial charge in [0, 0.05) is 24.2 Å². The van der Waals surface area contributed by atoms with Crippen LogP contribution in [0.1, 0.15) is 33.7 Å². The molecule has 5 nitrogen and oxygen atoms in total. The Bertz CT molecular complexity index is 800. The molecule has 0 saturated heterocycles. The number of thioether (sulfide) groups is 1. The van der Waals surface area contributed by atoms with Gasteiger partial charge in [-0.25, -0.2) is 4.98 Å². The van der Waals surface area contributed by atoms with E-state index in [-0.39, 0.29) is 23.3 Å². The van der Waals surface area contributed by atoms with E-state index in [0.29, 0.717) is 34.2 Å². The summed E-state index contributed by atoms with van der Waals surface area (Å²) in [6.45, 7) is 9.11. The number of fused-ring (bicyclic) bond motifs is 1. The van der Waals surface area contributed by atoms with E-state index in [0.717, 1.165) is 0 Å². The van der Waals surface area contributed by atoms with Gasteiger partial charge in [-0.05, 0) is 45.9 Å². The van der Waals surface area contributed by atoms with Crippen molar-refractivity contribution < 1.29 is 4.79 Å². The highest BCUT2D eigenvalue weighted by Gasteiger charge is 2.17. The molecule has 0 fully saturated rings. The summed E-state index contributed by atoms with van der Waals surface area (Å²) < 4.78 is 1.64. The standard InChI is InChI=1S/C17H22ClN3O2S/c1-5-20(6-2)15(22)10-24-17-19-14-9-12(18)7-8-13(14)16(23)21(17)11(3)4/h7-9,11H,5-6,10H2,1-4H3. The van der Waals surface area contributed by atoms with E-state index in [1.165, 1.54) is 11.8 Å². The Morgan fingerprint density at radius 3 is 2.58 bits per heavy atom. The number of hydrogen-bond donors (Lipinski definition) is 0. The summed E-state index contributed by atoms with van der Waals surface area (Å²) in [5.41, 5.74) is 0.451. The number of carbonyl (C=O) groups excluding carboxylic acids is 1. The second-order valence-electron chi connectivity index (χ2n) is 5.68. The van der Waals surface area contributed by atoms with Gasteiger partial charge in [-0.3, -0.25) is 14.2 Å². The van der Waals surface area contributed by atoms with E-state index in [4.69, 9.17) is 11.6 Å². The van der Waals surface area contributed by atoms with Crippen molar-refractivity contribution in [2.45, 2.75) is 38.9 Å². The van der Waals surface area contributed by atoms with Gasteiger partial charge in [0.15, 0.2) is 5.16 Å². The maximum atomic E-state index is 12.8. The SMILES string of the molecule is CCN(CC)C(=O)CSc1nc2cc(Cl)ccc2c(=O)n1C(C)C. The van der Waals surface area contributed by atoms with E-state index in [1.807, 2.05) is 27.7 Å². The van der Waals surface area contributed by atoms with Crippen LogP contribution in [-0.2, 0) is 4.79 Å². The molecule has 2 rings (SSSR count). The summed E-state index contributed by atoms with van der Waals surface area (Å²) >= 11 is 7.31. The lowest BCUT2D eigenvalue weighted by molar-refractivity contribution is -0.127. The number of amides is 1. The van der Waals surface area contributed by atoms with Crippen molar-refractivity contribution in [1.82, 2.24) is 14.5 Å². The van der Waals surface area contributed by atoms with Gasteiger partial charge in [-0.2, -0.15) is 0 Å². The lowest BCUT2D eigenvalue weighted by Crippen LogP contribution is -2.32. The van der Waals surface area contributed by atoms with Crippen LogP contribution in [-0.4, -0.2) is 39.2 Å². The van der Waals surface area contributed by atoms with Crippen molar-refractivity contribution in [2.75, 3.05) is 18.8 Å². The molecule has 1 amide bonds. The van der Waals surface area contributed by atoms with Crippen molar-refractivity contribution in [3.63, 3.8) is 0 Å². The number of halogens is 1. The molecule has 24 heavy (non-hydrogen) atoms. The number of benzene rings is 1. The Morgan fingerprint density at radius 1 is 1.33 bits per heavy atom. The molecule has 0 saturated carbocycles. The van der Waals surface area contributed by atoms with Crippen LogP contribution >= 0.6 is 23.4 Å². The molecule has 0 aliphatic rings. The number of carbonyl (C=O) groups is 1. The molecule has 1 aromatic carbocycles. The summed E-state index contributed by atoms with van der Waals surface area (Å²) in [4.78, 5) is 31.3. The Balaban J connectivity index is 2.43. The van der Waals surface area contributed by atoms with E-state index in [9.17, 15) is 9.59 Å². The highest BCUT2D eigenvalue weighted by atomic mass is 35.5. The minimum Gasteiger partial charge on any atom is -0.343 e. The zero-order chi connectivity index (χ0) is 17.9. The predicted molar refractivity (Wildman–Crippen MR) is 100 cm³/mol. The highest BCUT2D eigenvalue weighted by Crippen LogP contribution is 2.23. The molecule has 0 bridgehead atoms. The lowest BCUT2D eigenvalue weighted by atomic mass is 10.2. The Morgan fingerprint density at radius 2 is 2.00 bits per heavy atom. The smallest absolute Gasteiger partial charge is 0.262 e. The lowest BCUT2D eigenvalue weighted by Gasteiger charge is -2.19. The number of aromatic nitrogens is 2. The molecule has 0 N–H and O–H groups in total. The Labute approximate surface area is 151 Å². The van der Waals surface area contributed by atoms with E-state index in [1.54, 1.807) is 27.7 Å². The first-order valence-electron chi connectivity index (χ1n) is 8.01. The van der Waals surface area contributed by atoms with Crippen LogP contribution in [0.15, 0.2) is 28.2 Å². The molecule has 0 radical (unpaired) electrons. The van der Waals surface area contributed by atoms with Crippen LogP contribution in [0.2, 0.25) is 5.02 Å². The van der Waals surface area contributed by atoms with Crippen molar-refractivity contribution in [1.29, 1.82) is 0 Å². The fraction of sp³-hybridized carbons (Fsp3) is 0.471. The fourth-order valence-corrected chi connectivity index (χ4v) is 3.70. The average molecular weight is 368 g/mol. The van der Waals surface area contributed by atoms with Crippen LogP contribution in [0.5, 0.6) is 0 Å². The van der Waals surface area contributed by atoms with Crippen LogP contribution < -0.4 is 5.56 Å². The third-order valence-electron chi connectivity index (χ3n) is 3.79. The minimum absolute atomic E-state index is 0.0424. The van der Waals surface area contributed by atoms with Crippen LogP contribution in [0.3, 0.4) is 0 Å². The van der Waals surface area contributed by atoms with Gasteiger partial charge in [0.25, 0.3) is 5.56 Å². The normalized spacial score (nSPS) is 11.2. The summed E-state index contributed by atoms with van der Waals surface area (Å²) in [5.74, 6) is 0.299. The quantitative estimate of drug-likeness (QED) is 0.578. The first kappa shape index (κ1) is 18.8. The molecule has 1 heterocycles. The van der Waals surface area contributed by atoms with E-state index >= 15 is 0 Å². The van der Waals surface area contributed by atoms with Gasteiger partial charge >= 0.3 is 0 Å². The first-order chi connectivity index (χ1) is 11.4. The molecule has 0 unspecified atom stereocenters. The fourth-order valence-electron chi connectivity index (χ4n) is 2.50. The molecule has 2 aromatic rings. The molecule has 130 valence electrons. The molecule has 7 heteroatoms. The zero-order valence-corrected chi connectivity index (χ0v) is 15.9. The summed E-state index contributed by atoms with van der Waals surface area (Å²) in [6, 6.07) is 5.02. The molecular formula is C17H22ClN3O2S. The topological polar surface area (TPSA) is 55.2 Å². The molecule has 0 spiro atoms. The largest absolute Gasteiger partial charge is 0.343 e. The molecular weight excluding hydrogens is 346 g/mol. The Hall–Kier alpha value is -1.53. The van der Waals surface area contributed by atoms with Crippen LogP contribution in [0, 0.1) is 0 Å². The third kappa shape index (κ3) is 3.92. The Kier molecular flexibility index (Phi) is 6.29. The average Bonchev–Trinajstić information content (AvgIpc) is 2.53. The number of hydrogen-bond acceptors (Lipinski definition) is 4. The van der Waals surface area contributed by atoms with Gasteiger partial charge < -0.3 is 4.90 Å². The minimum atomic E-state index is -0.107. The predicted octanol–water partition coefficient (Wildman–Crippen LogP) is 3.59. The van der Waals surface area contributed by atoms with Gasteiger partial charge in [0.2, 0.25) is 5.91 Å². The van der Waals surface area contributed by atoms with Crippen LogP contribution in [0.4, 0.5) is 0 Å². The van der Waals surface area contributed by atoms with Crippen molar-refractivity contribution >= 4 is 40.2 Å². The maximum absolute atomic E-state index is 12.8.